The van der Waals surface area contributed by atoms with Gasteiger partial charge in [0.15, 0.2) is 0 Å². The van der Waals surface area contributed by atoms with E-state index in [1.807, 2.05) is 0 Å². The van der Waals surface area contributed by atoms with Crippen LogP contribution in [0.2, 0.25) is 0 Å². The SMILES string of the molecule is COc1ccc(NC(=O)c2c(C)oc3ncn(Cc4ccc(F)cc4)c(=O)c23)cc1. The maximum Gasteiger partial charge on any atom is 0.265 e. The summed E-state index contributed by atoms with van der Waals surface area (Å²) < 4.78 is 25.1. The second-order valence-corrected chi connectivity index (χ2v) is 6.70. The molecule has 152 valence electrons. The van der Waals surface area contributed by atoms with E-state index in [0.717, 1.165) is 5.56 Å². The minimum atomic E-state index is -0.477. The van der Waals surface area contributed by atoms with E-state index in [-0.39, 0.29) is 29.0 Å². The summed E-state index contributed by atoms with van der Waals surface area (Å²) in [4.78, 5) is 30.1. The van der Waals surface area contributed by atoms with Crippen molar-refractivity contribution in [2.45, 2.75) is 13.5 Å². The van der Waals surface area contributed by atoms with Gasteiger partial charge in [-0.05, 0) is 48.9 Å². The summed E-state index contributed by atoms with van der Waals surface area (Å²) in [6.07, 6.45) is 1.35. The van der Waals surface area contributed by atoms with Gasteiger partial charge in [0.2, 0.25) is 5.71 Å². The van der Waals surface area contributed by atoms with Crippen molar-refractivity contribution in [1.82, 2.24) is 9.55 Å². The molecule has 1 N–H and O–H groups in total. The number of rotatable bonds is 5. The lowest BCUT2D eigenvalue weighted by molar-refractivity contribution is 0.102. The van der Waals surface area contributed by atoms with Crippen LogP contribution < -0.4 is 15.6 Å². The highest BCUT2D eigenvalue weighted by atomic mass is 19.1. The Balaban J connectivity index is 1.70. The van der Waals surface area contributed by atoms with Crippen molar-refractivity contribution in [1.29, 1.82) is 0 Å². The van der Waals surface area contributed by atoms with E-state index in [0.29, 0.717) is 17.2 Å². The molecule has 30 heavy (non-hydrogen) atoms. The summed E-state index contributed by atoms with van der Waals surface area (Å²) in [5.74, 6) is 0.114. The molecule has 0 radical (unpaired) electrons. The van der Waals surface area contributed by atoms with E-state index >= 15 is 0 Å². The Morgan fingerprint density at radius 1 is 1.17 bits per heavy atom. The summed E-state index contributed by atoms with van der Waals surface area (Å²) in [7, 11) is 1.55. The van der Waals surface area contributed by atoms with Crippen LogP contribution in [0.25, 0.3) is 11.1 Å². The van der Waals surface area contributed by atoms with Gasteiger partial charge >= 0.3 is 0 Å². The number of aromatic nitrogens is 2. The molecule has 7 nitrogen and oxygen atoms in total. The molecule has 4 aromatic rings. The molecule has 0 saturated carbocycles. The van der Waals surface area contributed by atoms with Gasteiger partial charge in [0.1, 0.15) is 29.0 Å². The van der Waals surface area contributed by atoms with Gasteiger partial charge in [-0.1, -0.05) is 12.1 Å². The lowest BCUT2D eigenvalue weighted by Crippen LogP contribution is -2.23. The number of hydrogen-bond acceptors (Lipinski definition) is 5. The van der Waals surface area contributed by atoms with Crippen molar-refractivity contribution < 1.29 is 18.3 Å². The number of aryl methyl sites for hydroxylation is 1. The molecule has 0 aliphatic heterocycles. The van der Waals surface area contributed by atoms with Gasteiger partial charge in [-0.15, -0.1) is 0 Å². The van der Waals surface area contributed by atoms with Crippen molar-refractivity contribution in [3.05, 3.63) is 87.9 Å². The first-order chi connectivity index (χ1) is 14.5. The van der Waals surface area contributed by atoms with Crippen molar-refractivity contribution in [2.75, 3.05) is 12.4 Å². The molecule has 8 heteroatoms. The molecule has 0 fully saturated rings. The van der Waals surface area contributed by atoms with Crippen LogP contribution >= 0.6 is 0 Å². The number of methoxy groups -OCH3 is 1. The first kappa shape index (κ1) is 19.4. The van der Waals surface area contributed by atoms with Crippen LogP contribution in [-0.2, 0) is 6.54 Å². The van der Waals surface area contributed by atoms with Crippen molar-refractivity contribution >= 4 is 22.7 Å². The van der Waals surface area contributed by atoms with Gasteiger partial charge in [0, 0.05) is 5.69 Å². The molecular weight excluding hydrogens is 389 g/mol. The molecule has 0 atom stereocenters. The smallest absolute Gasteiger partial charge is 0.265 e. The van der Waals surface area contributed by atoms with Gasteiger partial charge in [-0.3, -0.25) is 14.2 Å². The van der Waals surface area contributed by atoms with Crippen LogP contribution in [0.1, 0.15) is 21.7 Å². The number of anilines is 1. The van der Waals surface area contributed by atoms with E-state index in [9.17, 15) is 14.0 Å². The molecule has 2 aromatic heterocycles. The number of nitrogens with zero attached hydrogens (tertiary/aromatic N) is 2. The van der Waals surface area contributed by atoms with Crippen LogP contribution in [0.3, 0.4) is 0 Å². The average Bonchev–Trinajstić information content (AvgIpc) is 3.09. The maximum absolute atomic E-state index is 13.1. The van der Waals surface area contributed by atoms with Crippen molar-refractivity contribution in [3.63, 3.8) is 0 Å². The highest BCUT2D eigenvalue weighted by Crippen LogP contribution is 2.23. The summed E-state index contributed by atoms with van der Waals surface area (Å²) in [5.41, 5.74) is 1.08. The summed E-state index contributed by atoms with van der Waals surface area (Å²) >= 11 is 0. The molecular formula is C22H18FN3O4. The molecule has 0 saturated heterocycles. The van der Waals surface area contributed by atoms with E-state index in [4.69, 9.17) is 9.15 Å². The largest absolute Gasteiger partial charge is 0.497 e. The topological polar surface area (TPSA) is 86.4 Å². The Hall–Kier alpha value is -3.94. The quantitative estimate of drug-likeness (QED) is 0.545. The molecule has 1 amide bonds. The minimum Gasteiger partial charge on any atom is -0.497 e. The standard InChI is InChI=1S/C22H18FN3O4/c1-13-18(20(27)25-16-7-9-17(29-2)10-8-16)19-21(30-13)24-12-26(22(19)28)11-14-3-5-15(23)6-4-14/h3-10,12H,11H2,1-2H3,(H,25,27). The Morgan fingerprint density at radius 2 is 1.87 bits per heavy atom. The third kappa shape index (κ3) is 3.67. The first-order valence-electron chi connectivity index (χ1n) is 9.14. The van der Waals surface area contributed by atoms with Crippen molar-refractivity contribution in [2.24, 2.45) is 0 Å². The number of furan rings is 1. The number of benzene rings is 2. The van der Waals surface area contributed by atoms with Gasteiger partial charge in [0.25, 0.3) is 11.5 Å². The zero-order valence-corrected chi connectivity index (χ0v) is 16.3. The number of carbonyl (C=O) groups is 1. The number of nitrogens with one attached hydrogen (secondary N) is 1. The van der Waals surface area contributed by atoms with Crippen LogP contribution in [0.4, 0.5) is 10.1 Å². The summed E-state index contributed by atoms with van der Waals surface area (Å²) in [6.45, 7) is 1.79. The van der Waals surface area contributed by atoms with E-state index < -0.39 is 11.5 Å². The lowest BCUT2D eigenvalue weighted by Gasteiger charge is -2.07. The van der Waals surface area contributed by atoms with E-state index in [1.165, 1.54) is 23.0 Å². The lowest BCUT2D eigenvalue weighted by atomic mass is 10.1. The molecule has 0 aliphatic carbocycles. The highest BCUT2D eigenvalue weighted by Gasteiger charge is 2.23. The second kappa shape index (κ2) is 7.82. The van der Waals surface area contributed by atoms with Crippen molar-refractivity contribution in [3.8, 4) is 5.75 Å². The number of amides is 1. The van der Waals surface area contributed by atoms with Crippen LogP contribution in [0, 0.1) is 12.7 Å². The fraction of sp³-hybridized carbons (Fsp3) is 0.136. The summed E-state index contributed by atoms with van der Waals surface area (Å²) in [5, 5.41) is 2.86. The number of halogens is 1. The number of ether oxygens (including phenoxy) is 1. The minimum absolute atomic E-state index is 0.0905. The van der Waals surface area contributed by atoms with Crippen LogP contribution in [-0.4, -0.2) is 22.6 Å². The molecule has 0 unspecified atom stereocenters. The molecule has 0 bridgehead atoms. The van der Waals surface area contributed by atoms with Gasteiger partial charge in [0.05, 0.1) is 19.2 Å². The predicted molar refractivity (Wildman–Crippen MR) is 109 cm³/mol. The summed E-state index contributed by atoms with van der Waals surface area (Å²) in [6, 6.07) is 12.6. The molecule has 2 heterocycles. The van der Waals surface area contributed by atoms with Gasteiger partial charge in [-0.2, -0.15) is 0 Å². The van der Waals surface area contributed by atoms with Crippen LogP contribution in [0.5, 0.6) is 5.75 Å². The fourth-order valence-corrected chi connectivity index (χ4v) is 3.18. The third-order valence-electron chi connectivity index (χ3n) is 4.70. The monoisotopic (exact) mass is 407 g/mol. The fourth-order valence-electron chi connectivity index (χ4n) is 3.18. The Morgan fingerprint density at radius 3 is 2.53 bits per heavy atom. The molecule has 2 aromatic carbocycles. The number of carbonyl (C=O) groups excluding carboxylic acids is 1. The number of fused-ring (bicyclic) bond motifs is 1. The Bertz CT molecular complexity index is 1270. The van der Waals surface area contributed by atoms with E-state index in [2.05, 4.69) is 10.3 Å². The zero-order chi connectivity index (χ0) is 21.3. The van der Waals surface area contributed by atoms with Crippen LogP contribution in [0.15, 0.2) is 64.1 Å². The average molecular weight is 407 g/mol. The Labute approximate surface area is 170 Å². The first-order valence-corrected chi connectivity index (χ1v) is 9.14. The third-order valence-corrected chi connectivity index (χ3v) is 4.70. The molecule has 0 spiro atoms. The highest BCUT2D eigenvalue weighted by molar-refractivity contribution is 6.12. The second-order valence-electron chi connectivity index (χ2n) is 6.70. The normalized spacial score (nSPS) is 10.9. The maximum atomic E-state index is 13.1. The predicted octanol–water partition coefficient (Wildman–Crippen LogP) is 3.75. The Kier molecular flexibility index (Phi) is 5.05. The van der Waals surface area contributed by atoms with Gasteiger partial charge < -0.3 is 14.5 Å². The number of hydrogen-bond donors (Lipinski definition) is 1. The van der Waals surface area contributed by atoms with Gasteiger partial charge in [-0.25, -0.2) is 9.37 Å². The molecule has 4 rings (SSSR count). The zero-order valence-electron chi connectivity index (χ0n) is 16.3. The van der Waals surface area contributed by atoms with E-state index in [1.54, 1.807) is 50.4 Å². The molecule has 0 aliphatic rings.